The van der Waals surface area contributed by atoms with E-state index in [1.807, 2.05) is 24.4 Å². The van der Waals surface area contributed by atoms with Crippen LogP contribution in [0.5, 0.6) is 0 Å². The summed E-state index contributed by atoms with van der Waals surface area (Å²) in [6.07, 6.45) is 1.28. The summed E-state index contributed by atoms with van der Waals surface area (Å²) in [4.78, 5) is 24.2. The molecular formula is C13H17NO3S. The molecule has 1 aromatic heterocycles. The summed E-state index contributed by atoms with van der Waals surface area (Å²) >= 11 is 1.58. The number of carboxylic acids is 1. The molecule has 1 amide bonds. The second-order valence-corrected chi connectivity index (χ2v) is 5.96. The van der Waals surface area contributed by atoms with Gasteiger partial charge in [0.2, 0.25) is 5.91 Å². The van der Waals surface area contributed by atoms with Crippen molar-refractivity contribution in [3.8, 4) is 0 Å². The molecule has 5 heteroatoms. The quantitative estimate of drug-likeness (QED) is 0.878. The molecule has 98 valence electrons. The van der Waals surface area contributed by atoms with Gasteiger partial charge in [0, 0.05) is 4.88 Å². The minimum absolute atomic E-state index is 0.125. The van der Waals surface area contributed by atoms with Crippen molar-refractivity contribution in [2.24, 2.45) is 17.8 Å². The van der Waals surface area contributed by atoms with Gasteiger partial charge in [-0.15, -0.1) is 11.3 Å². The first-order chi connectivity index (χ1) is 8.58. The minimum atomic E-state index is -0.851. The molecule has 1 fully saturated rings. The second-order valence-electron chi connectivity index (χ2n) is 4.92. The van der Waals surface area contributed by atoms with Crippen molar-refractivity contribution in [3.63, 3.8) is 0 Å². The third kappa shape index (κ3) is 2.90. The molecule has 1 aliphatic carbocycles. The van der Waals surface area contributed by atoms with Crippen LogP contribution in [0.25, 0.3) is 0 Å². The van der Waals surface area contributed by atoms with Crippen molar-refractivity contribution in [1.29, 1.82) is 0 Å². The molecule has 1 heterocycles. The molecule has 18 heavy (non-hydrogen) atoms. The fourth-order valence-electron chi connectivity index (χ4n) is 2.57. The Balaban J connectivity index is 1.93. The number of thiophene rings is 1. The third-order valence-electron chi connectivity index (χ3n) is 3.47. The number of nitrogens with one attached hydrogen (secondary N) is 1. The lowest BCUT2D eigenvalue weighted by Crippen LogP contribution is -2.34. The van der Waals surface area contributed by atoms with Gasteiger partial charge in [-0.1, -0.05) is 13.0 Å². The lowest BCUT2D eigenvalue weighted by molar-refractivity contribution is -0.146. The average Bonchev–Trinajstić information content (AvgIpc) is 2.94. The summed E-state index contributed by atoms with van der Waals surface area (Å²) in [6, 6.07) is 3.89. The Morgan fingerprint density at radius 2 is 2.17 bits per heavy atom. The van der Waals surface area contributed by atoms with Gasteiger partial charge in [-0.2, -0.15) is 0 Å². The van der Waals surface area contributed by atoms with Gasteiger partial charge in [0.05, 0.1) is 18.4 Å². The predicted molar refractivity (Wildman–Crippen MR) is 69.2 cm³/mol. The summed E-state index contributed by atoms with van der Waals surface area (Å²) in [7, 11) is 0. The number of carbonyl (C=O) groups is 2. The Kier molecular flexibility index (Phi) is 4.01. The van der Waals surface area contributed by atoms with E-state index in [9.17, 15) is 9.59 Å². The fraction of sp³-hybridized carbons (Fsp3) is 0.538. The van der Waals surface area contributed by atoms with Crippen LogP contribution in [0.4, 0.5) is 0 Å². The minimum Gasteiger partial charge on any atom is -0.481 e. The zero-order chi connectivity index (χ0) is 13.1. The number of carboxylic acid groups (broad SMARTS) is 1. The van der Waals surface area contributed by atoms with Crippen LogP contribution in [0.3, 0.4) is 0 Å². The van der Waals surface area contributed by atoms with E-state index in [4.69, 9.17) is 5.11 Å². The van der Waals surface area contributed by atoms with Gasteiger partial charge in [-0.3, -0.25) is 9.59 Å². The van der Waals surface area contributed by atoms with Gasteiger partial charge in [0.15, 0.2) is 0 Å². The van der Waals surface area contributed by atoms with Crippen LogP contribution in [-0.4, -0.2) is 17.0 Å². The van der Waals surface area contributed by atoms with Gasteiger partial charge < -0.3 is 10.4 Å². The summed E-state index contributed by atoms with van der Waals surface area (Å²) in [5.41, 5.74) is 0. The molecule has 1 aromatic rings. The summed E-state index contributed by atoms with van der Waals surface area (Å²) in [5, 5.41) is 13.9. The van der Waals surface area contributed by atoms with Crippen LogP contribution in [0.1, 0.15) is 24.6 Å². The Hall–Kier alpha value is -1.36. The number of amides is 1. The van der Waals surface area contributed by atoms with Crippen LogP contribution < -0.4 is 5.32 Å². The number of hydrogen-bond acceptors (Lipinski definition) is 3. The maximum Gasteiger partial charge on any atom is 0.307 e. The number of aliphatic carboxylic acids is 1. The first kappa shape index (κ1) is 13.1. The van der Waals surface area contributed by atoms with E-state index in [1.165, 1.54) is 0 Å². The zero-order valence-electron chi connectivity index (χ0n) is 10.3. The normalized spacial score (nSPS) is 27.1. The summed E-state index contributed by atoms with van der Waals surface area (Å²) in [6.45, 7) is 2.50. The standard InChI is InChI=1S/C13H17NO3S/c1-8-5-10(11(6-8)13(16)17)12(15)14-7-9-3-2-4-18-9/h2-4,8,10-11H,5-7H2,1H3,(H,14,15)(H,16,17). The molecule has 0 radical (unpaired) electrons. The molecule has 1 saturated carbocycles. The van der Waals surface area contributed by atoms with E-state index in [0.717, 1.165) is 4.88 Å². The first-order valence-corrected chi connectivity index (χ1v) is 6.98. The lowest BCUT2D eigenvalue weighted by Gasteiger charge is -2.15. The Bertz CT molecular complexity index is 429. The molecule has 0 aliphatic heterocycles. The van der Waals surface area contributed by atoms with Gasteiger partial charge in [-0.25, -0.2) is 0 Å². The van der Waals surface area contributed by atoms with E-state index < -0.39 is 11.9 Å². The van der Waals surface area contributed by atoms with E-state index >= 15 is 0 Å². The molecule has 0 saturated heterocycles. The van der Waals surface area contributed by atoms with Crippen molar-refractivity contribution in [1.82, 2.24) is 5.32 Å². The van der Waals surface area contributed by atoms with Crippen LogP contribution in [0.2, 0.25) is 0 Å². The molecule has 2 rings (SSSR count). The largest absolute Gasteiger partial charge is 0.481 e. The maximum atomic E-state index is 12.0. The Labute approximate surface area is 110 Å². The zero-order valence-corrected chi connectivity index (χ0v) is 11.1. The maximum absolute atomic E-state index is 12.0. The highest BCUT2D eigenvalue weighted by atomic mass is 32.1. The molecule has 0 spiro atoms. The molecule has 1 aliphatic rings. The fourth-order valence-corrected chi connectivity index (χ4v) is 3.22. The van der Waals surface area contributed by atoms with Gasteiger partial charge in [0.25, 0.3) is 0 Å². The van der Waals surface area contributed by atoms with Gasteiger partial charge in [-0.05, 0) is 30.2 Å². The van der Waals surface area contributed by atoms with Crippen LogP contribution in [-0.2, 0) is 16.1 Å². The second kappa shape index (κ2) is 5.52. The Morgan fingerprint density at radius 3 is 2.78 bits per heavy atom. The van der Waals surface area contributed by atoms with Crippen molar-refractivity contribution in [3.05, 3.63) is 22.4 Å². The topological polar surface area (TPSA) is 66.4 Å². The molecule has 2 N–H and O–H groups in total. The highest BCUT2D eigenvalue weighted by Gasteiger charge is 2.40. The third-order valence-corrected chi connectivity index (χ3v) is 4.35. The highest BCUT2D eigenvalue weighted by molar-refractivity contribution is 7.09. The SMILES string of the molecule is CC1CC(C(=O)O)C(C(=O)NCc2cccs2)C1. The Morgan fingerprint density at radius 1 is 1.44 bits per heavy atom. The molecule has 3 unspecified atom stereocenters. The van der Waals surface area contributed by atoms with Gasteiger partial charge in [0.1, 0.15) is 0 Å². The molecular weight excluding hydrogens is 250 g/mol. The summed E-state index contributed by atoms with van der Waals surface area (Å²) < 4.78 is 0. The number of carbonyl (C=O) groups excluding carboxylic acids is 1. The van der Waals surface area contributed by atoms with Crippen molar-refractivity contribution in [2.45, 2.75) is 26.3 Å². The highest BCUT2D eigenvalue weighted by Crippen LogP contribution is 2.36. The van der Waals surface area contributed by atoms with Crippen molar-refractivity contribution < 1.29 is 14.7 Å². The summed E-state index contributed by atoms with van der Waals surface area (Å²) in [5.74, 6) is -1.57. The van der Waals surface area contributed by atoms with Crippen molar-refractivity contribution >= 4 is 23.2 Å². The van der Waals surface area contributed by atoms with E-state index in [2.05, 4.69) is 5.32 Å². The number of hydrogen-bond donors (Lipinski definition) is 2. The predicted octanol–water partition coefficient (Wildman–Crippen LogP) is 2.11. The monoisotopic (exact) mass is 267 g/mol. The van der Waals surface area contributed by atoms with Crippen LogP contribution >= 0.6 is 11.3 Å². The van der Waals surface area contributed by atoms with Crippen LogP contribution in [0, 0.1) is 17.8 Å². The molecule has 4 nitrogen and oxygen atoms in total. The smallest absolute Gasteiger partial charge is 0.307 e. The average molecular weight is 267 g/mol. The van der Waals surface area contributed by atoms with E-state index in [-0.39, 0.29) is 11.8 Å². The van der Waals surface area contributed by atoms with Gasteiger partial charge >= 0.3 is 5.97 Å². The van der Waals surface area contributed by atoms with Crippen molar-refractivity contribution in [2.75, 3.05) is 0 Å². The first-order valence-electron chi connectivity index (χ1n) is 6.11. The van der Waals surface area contributed by atoms with E-state index in [0.29, 0.717) is 25.3 Å². The van der Waals surface area contributed by atoms with Crippen LogP contribution in [0.15, 0.2) is 17.5 Å². The number of rotatable bonds is 4. The lowest BCUT2D eigenvalue weighted by atomic mass is 9.95. The molecule has 0 bridgehead atoms. The van der Waals surface area contributed by atoms with E-state index in [1.54, 1.807) is 11.3 Å². The molecule has 3 atom stereocenters. The molecule has 0 aromatic carbocycles.